The average Bonchev–Trinajstić information content (AvgIpc) is 3.74. The number of aromatic nitrogens is 1. The number of pyridine rings is 1. The number of carbonyl (C=O) groups excluding carboxylic acids is 2. The van der Waals surface area contributed by atoms with Crippen LogP contribution < -0.4 is 10.6 Å². The van der Waals surface area contributed by atoms with E-state index < -0.39 is 41.3 Å². The average molecular weight is 708 g/mol. The molecule has 10 nitrogen and oxygen atoms in total. The molecule has 6 rings (SSSR count). The lowest BCUT2D eigenvalue weighted by Crippen LogP contribution is -2.64. The standard InChI is InChI=1S/C42H53N5O5/c1-41(2,3)45-40(51)34-27-47(42(4,5)37-16-15-36(52-37)29-17-19-43-20-18-29)22-21-46(34)26-32(48)24-31(23-28-11-7-6-8-12-28)39(50)44-38-33-14-10-9-13-30(33)25-35(38)49/h6-20,31-32,34-35,38,48-49H,21-27H2,1-5H3,(H,44,50)(H,45,51)/t31-,32-,34-,35+,38-/m0/s1. The Labute approximate surface area is 307 Å². The number of aliphatic hydroxyl groups is 2. The van der Waals surface area contributed by atoms with Gasteiger partial charge in [0, 0.05) is 62.0 Å². The van der Waals surface area contributed by atoms with Gasteiger partial charge in [0.05, 0.1) is 23.8 Å². The van der Waals surface area contributed by atoms with E-state index in [2.05, 4.69) is 39.3 Å². The quantitative estimate of drug-likeness (QED) is 0.164. The second kappa shape index (κ2) is 15.7. The summed E-state index contributed by atoms with van der Waals surface area (Å²) in [5, 5.41) is 28.8. The predicted molar refractivity (Wildman–Crippen MR) is 201 cm³/mol. The number of nitrogens with one attached hydrogen (secondary N) is 2. The first-order valence-corrected chi connectivity index (χ1v) is 18.4. The zero-order chi connectivity index (χ0) is 37.0. The minimum Gasteiger partial charge on any atom is -0.459 e. The van der Waals surface area contributed by atoms with Gasteiger partial charge in [0.25, 0.3) is 0 Å². The molecule has 1 aliphatic heterocycles. The summed E-state index contributed by atoms with van der Waals surface area (Å²) >= 11 is 0. The van der Waals surface area contributed by atoms with Crippen LogP contribution in [0.15, 0.2) is 95.7 Å². The van der Waals surface area contributed by atoms with Crippen LogP contribution in [0.5, 0.6) is 0 Å². The molecule has 0 radical (unpaired) electrons. The maximum atomic E-state index is 14.0. The molecule has 2 amide bonds. The van der Waals surface area contributed by atoms with Crippen molar-refractivity contribution in [3.05, 3.63) is 114 Å². The third-order valence-electron chi connectivity index (χ3n) is 10.5. The fraction of sp³-hybridized carbons (Fsp3) is 0.452. The topological polar surface area (TPSA) is 131 Å². The lowest BCUT2D eigenvalue weighted by Gasteiger charge is -2.47. The molecule has 2 aromatic heterocycles. The van der Waals surface area contributed by atoms with E-state index in [0.29, 0.717) is 32.5 Å². The van der Waals surface area contributed by atoms with Crippen LogP contribution >= 0.6 is 0 Å². The van der Waals surface area contributed by atoms with Gasteiger partial charge in [0.1, 0.15) is 17.6 Å². The molecule has 4 aromatic rings. The Balaban J connectivity index is 1.18. The van der Waals surface area contributed by atoms with Gasteiger partial charge in [-0.1, -0.05) is 54.6 Å². The van der Waals surface area contributed by atoms with Crippen LogP contribution in [0.3, 0.4) is 0 Å². The molecule has 276 valence electrons. The summed E-state index contributed by atoms with van der Waals surface area (Å²) in [6.07, 6.45) is 3.02. The molecule has 1 saturated heterocycles. The van der Waals surface area contributed by atoms with Gasteiger partial charge >= 0.3 is 0 Å². The van der Waals surface area contributed by atoms with Crippen molar-refractivity contribution < 1.29 is 24.2 Å². The molecule has 1 fully saturated rings. The van der Waals surface area contributed by atoms with E-state index in [1.54, 1.807) is 12.4 Å². The van der Waals surface area contributed by atoms with E-state index in [9.17, 15) is 19.8 Å². The molecule has 52 heavy (non-hydrogen) atoms. The van der Waals surface area contributed by atoms with Crippen LogP contribution in [0.2, 0.25) is 0 Å². The van der Waals surface area contributed by atoms with Crippen LogP contribution in [0.1, 0.15) is 69.5 Å². The van der Waals surface area contributed by atoms with Crippen molar-refractivity contribution in [2.75, 3.05) is 26.2 Å². The van der Waals surface area contributed by atoms with Gasteiger partial charge < -0.3 is 25.3 Å². The number of β-amino-alcohol motifs (C(OH)–C–C–N with tert-alkyl or cyclic N) is 1. The summed E-state index contributed by atoms with van der Waals surface area (Å²) in [4.78, 5) is 36.3. The van der Waals surface area contributed by atoms with Gasteiger partial charge in [-0.25, -0.2) is 0 Å². The number of amides is 2. The van der Waals surface area contributed by atoms with Crippen LogP contribution in [0.4, 0.5) is 0 Å². The van der Waals surface area contributed by atoms with Gasteiger partial charge in [-0.05, 0) is 88.4 Å². The first-order valence-electron chi connectivity index (χ1n) is 18.4. The molecule has 4 N–H and O–H groups in total. The Morgan fingerprint density at radius 3 is 2.38 bits per heavy atom. The van der Waals surface area contributed by atoms with Crippen molar-refractivity contribution in [2.45, 2.75) is 89.3 Å². The van der Waals surface area contributed by atoms with Crippen molar-refractivity contribution in [1.82, 2.24) is 25.4 Å². The zero-order valence-corrected chi connectivity index (χ0v) is 31.0. The molecule has 0 unspecified atom stereocenters. The number of rotatable bonds is 12. The Morgan fingerprint density at radius 1 is 0.942 bits per heavy atom. The smallest absolute Gasteiger partial charge is 0.239 e. The highest BCUT2D eigenvalue weighted by Gasteiger charge is 2.42. The number of fused-ring (bicyclic) bond motifs is 1. The number of carbonyl (C=O) groups is 2. The summed E-state index contributed by atoms with van der Waals surface area (Å²) in [6.45, 7) is 12.0. The monoisotopic (exact) mass is 707 g/mol. The van der Waals surface area contributed by atoms with Gasteiger partial charge in [-0.3, -0.25) is 24.4 Å². The summed E-state index contributed by atoms with van der Waals surface area (Å²) in [6, 6.07) is 24.3. The van der Waals surface area contributed by atoms with Gasteiger partial charge in [-0.15, -0.1) is 0 Å². The lowest BCUT2D eigenvalue weighted by atomic mass is 9.91. The number of benzene rings is 2. The number of piperazine rings is 1. The van der Waals surface area contributed by atoms with Gasteiger partial charge in [0.15, 0.2) is 0 Å². The highest BCUT2D eigenvalue weighted by atomic mass is 16.3. The van der Waals surface area contributed by atoms with Crippen molar-refractivity contribution in [1.29, 1.82) is 0 Å². The summed E-state index contributed by atoms with van der Waals surface area (Å²) in [5.74, 6) is 0.696. The van der Waals surface area contributed by atoms with E-state index in [-0.39, 0.29) is 24.8 Å². The summed E-state index contributed by atoms with van der Waals surface area (Å²) in [5.41, 5.74) is 2.94. The maximum absolute atomic E-state index is 14.0. The third kappa shape index (κ3) is 8.81. The Bertz CT molecular complexity index is 1800. The number of hydrogen-bond acceptors (Lipinski definition) is 8. The number of hydrogen-bond donors (Lipinski definition) is 4. The van der Waals surface area contributed by atoms with Crippen molar-refractivity contribution in [3.63, 3.8) is 0 Å². The van der Waals surface area contributed by atoms with Crippen molar-refractivity contribution in [3.8, 4) is 11.3 Å². The molecule has 10 heteroatoms. The first kappa shape index (κ1) is 37.4. The highest BCUT2D eigenvalue weighted by molar-refractivity contribution is 5.83. The number of nitrogens with zero attached hydrogens (tertiary/aromatic N) is 3. The fourth-order valence-electron chi connectivity index (χ4n) is 7.62. The van der Waals surface area contributed by atoms with E-state index in [1.807, 2.05) is 99.6 Å². The second-order valence-electron chi connectivity index (χ2n) is 15.9. The molecule has 5 atom stereocenters. The summed E-state index contributed by atoms with van der Waals surface area (Å²) in [7, 11) is 0. The summed E-state index contributed by atoms with van der Waals surface area (Å²) < 4.78 is 6.37. The normalized spacial score (nSPS) is 20.9. The molecule has 0 spiro atoms. The number of furan rings is 1. The van der Waals surface area contributed by atoms with Crippen LogP contribution in [-0.4, -0.2) is 86.8 Å². The Hall–Kier alpha value is -4.35. The molecule has 3 heterocycles. The molecular weight excluding hydrogens is 654 g/mol. The fourth-order valence-corrected chi connectivity index (χ4v) is 7.62. The number of aliphatic hydroxyl groups excluding tert-OH is 2. The zero-order valence-electron chi connectivity index (χ0n) is 31.0. The van der Waals surface area contributed by atoms with E-state index in [1.165, 1.54) is 0 Å². The second-order valence-corrected chi connectivity index (χ2v) is 15.9. The first-order chi connectivity index (χ1) is 24.8. The molecule has 1 aliphatic carbocycles. The highest BCUT2D eigenvalue weighted by Crippen LogP contribution is 2.35. The lowest BCUT2D eigenvalue weighted by molar-refractivity contribution is -0.134. The van der Waals surface area contributed by atoms with E-state index >= 15 is 0 Å². The SMILES string of the molecule is CC(C)(C)NC(=O)[C@@H]1CN(C(C)(C)c2ccc(-c3ccncc3)o2)CCN1C[C@@H](O)C[C@H](Cc1ccccc1)C(=O)N[C@H]1c2ccccc2C[C@H]1O. The minimum absolute atomic E-state index is 0.107. The maximum Gasteiger partial charge on any atom is 0.239 e. The largest absolute Gasteiger partial charge is 0.459 e. The minimum atomic E-state index is -0.877. The third-order valence-corrected chi connectivity index (χ3v) is 10.5. The Kier molecular flexibility index (Phi) is 11.3. The van der Waals surface area contributed by atoms with E-state index in [0.717, 1.165) is 33.8 Å². The van der Waals surface area contributed by atoms with Crippen molar-refractivity contribution in [2.24, 2.45) is 5.92 Å². The molecule has 2 aromatic carbocycles. The van der Waals surface area contributed by atoms with Gasteiger partial charge in [0.2, 0.25) is 11.8 Å². The van der Waals surface area contributed by atoms with Crippen LogP contribution in [0.25, 0.3) is 11.3 Å². The van der Waals surface area contributed by atoms with E-state index in [4.69, 9.17) is 4.42 Å². The molecule has 0 saturated carbocycles. The Morgan fingerprint density at radius 2 is 1.65 bits per heavy atom. The van der Waals surface area contributed by atoms with Crippen LogP contribution in [-0.2, 0) is 28.0 Å². The van der Waals surface area contributed by atoms with Gasteiger partial charge in [-0.2, -0.15) is 0 Å². The predicted octanol–water partition coefficient (Wildman–Crippen LogP) is 4.86. The molecule has 0 bridgehead atoms. The van der Waals surface area contributed by atoms with Crippen molar-refractivity contribution >= 4 is 11.8 Å². The molecule has 2 aliphatic rings. The molecular formula is C42H53N5O5. The van der Waals surface area contributed by atoms with Crippen LogP contribution in [0, 0.1) is 5.92 Å².